The molecule has 1 aromatic carbocycles. The monoisotopic (exact) mass is 464 g/mol. The number of nitrogens with zero attached hydrogens (tertiary/aromatic N) is 4. The van der Waals surface area contributed by atoms with Crippen molar-refractivity contribution in [3.8, 4) is 6.01 Å². The summed E-state index contributed by atoms with van der Waals surface area (Å²) in [5.41, 5.74) is 2.49. The van der Waals surface area contributed by atoms with Crippen molar-refractivity contribution >= 4 is 9.84 Å². The van der Waals surface area contributed by atoms with Gasteiger partial charge < -0.3 is 14.4 Å². The van der Waals surface area contributed by atoms with E-state index in [1.165, 1.54) is 11.1 Å². The van der Waals surface area contributed by atoms with E-state index in [4.69, 9.17) is 9.26 Å². The molecule has 9 nitrogen and oxygen atoms in total. The minimum Gasteiger partial charge on any atom is -0.462 e. The molecule has 10 heteroatoms. The van der Waals surface area contributed by atoms with E-state index < -0.39 is 16.2 Å². The van der Waals surface area contributed by atoms with Crippen molar-refractivity contribution in [3.63, 3.8) is 0 Å². The molecule has 0 aliphatic carbocycles. The molecule has 176 valence electrons. The van der Waals surface area contributed by atoms with Crippen LogP contribution in [0.25, 0.3) is 0 Å². The summed E-state index contributed by atoms with van der Waals surface area (Å²) in [6, 6.07) is 8.84. The van der Waals surface area contributed by atoms with Crippen LogP contribution in [0.4, 0.5) is 0 Å². The van der Waals surface area contributed by atoms with Crippen molar-refractivity contribution in [1.29, 1.82) is 0 Å². The zero-order chi connectivity index (χ0) is 22.7. The molecule has 3 atom stereocenters. The third-order valence-corrected chi connectivity index (χ3v) is 8.03. The van der Waals surface area contributed by atoms with Crippen LogP contribution in [-0.2, 0) is 16.3 Å². The standard InChI is InChI=1S/C22H32N4O5S/c1-3-16-5-7-17(8-6-16)18-13-19(20-23-21(24-31-20)30-4-2)15-26(14-18)22(27)25-9-11-32(28,29)12-10-25/h5-8,18-19,22,27H,3-4,9-15H2,1-2H3. The summed E-state index contributed by atoms with van der Waals surface area (Å²) in [6.45, 7) is 6.32. The van der Waals surface area contributed by atoms with Gasteiger partial charge in [-0.15, -0.1) is 0 Å². The smallest absolute Gasteiger partial charge is 0.354 e. The number of aliphatic hydroxyl groups excluding tert-OH is 1. The molecular formula is C22H32N4O5S. The summed E-state index contributed by atoms with van der Waals surface area (Å²) in [4.78, 5) is 8.23. The van der Waals surface area contributed by atoms with E-state index in [9.17, 15) is 13.5 Å². The van der Waals surface area contributed by atoms with E-state index >= 15 is 0 Å². The molecule has 0 radical (unpaired) electrons. The van der Waals surface area contributed by atoms with Crippen molar-refractivity contribution in [3.05, 3.63) is 41.3 Å². The molecule has 0 spiro atoms. The molecule has 1 N–H and O–H groups in total. The highest BCUT2D eigenvalue weighted by molar-refractivity contribution is 7.91. The Morgan fingerprint density at radius 2 is 1.81 bits per heavy atom. The largest absolute Gasteiger partial charge is 0.462 e. The first-order valence-electron chi connectivity index (χ1n) is 11.3. The lowest BCUT2D eigenvalue weighted by Gasteiger charge is -2.43. The normalized spacial score (nSPS) is 25.5. The summed E-state index contributed by atoms with van der Waals surface area (Å²) in [6.07, 6.45) is 0.940. The highest BCUT2D eigenvalue weighted by Gasteiger charge is 2.38. The van der Waals surface area contributed by atoms with Gasteiger partial charge in [-0.25, -0.2) is 8.42 Å². The van der Waals surface area contributed by atoms with E-state index in [2.05, 4.69) is 41.3 Å². The van der Waals surface area contributed by atoms with Gasteiger partial charge in [-0.3, -0.25) is 9.80 Å². The van der Waals surface area contributed by atoms with Gasteiger partial charge in [0.05, 0.1) is 24.0 Å². The molecule has 4 rings (SSSR count). The molecule has 2 aromatic rings. The second-order valence-corrected chi connectivity index (χ2v) is 10.9. The first kappa shape index (κ1) is 23.2. The topological polar surface area (TPSA) is 109 Å². The van der Waals surface area contributed by atoms with Gasteiger partial charge in [0.15, 0.2) is 16.2 Å². The Morgan fingerprint density at radius 1 is 1.12 bits per heavy atom. The van der Waals surface area contributed by atoms with Crippen LogP contribution in [-0.4, -0.2) is 84.1 Å². The fourth-order valence-corrected chi connectivity index (χ4v) is 5.76. The van der Waals surface area contributed by atoms with Crippen LogP contribution in [0.1, 0.15) is 49.1 Å². The molecule has 0 bridgehead atoms. The van der Waals surface area contributed by atoms with Gasteiger partial charge in [-0.05, 0) is 42.0 Å². The van der Waals surface area contributed by atoms with Crippen molar-refractivity contribution in [2.75, 3.05) is 44.3 Å². The fraction of sp³-hybridized carbons (Fsp3) is 0.636. The van der Waals surface area contributed by atoms with Crippen molar-refractivity contribution in [2.24, 2.45) is 0 Å². The number of hydrogen-bond acceptors (Lipinski definition) is 9. The van der Waals surface area contributed by atoms with Crippen LogP contribution in [0, 0.1) is 0 Å². The second-order valence-electron chi connectivity index (χ2n) is 8.56. The Balaban J connectivity index is 1.55. The van der Waals surface area contributed by atoms with Crippen LogP contribution in [0.3, 0.4) is 0 Å². The van der Waals surface area contributed by atoms with Crippen LogP contribution in [0.2, 0.25) is 0 Å². The van der Waals surface area contributed by atoms with Crippen LogP contribution in [0.15, 0.2) is 28.8 Å². The van der Waals surface area contributed by atoms with Crippen LogP contribution >= 0.6 is 0 Å². The third-order valence-electron chi connectivity index (χ3n) is 6.42. The van der Waals surface area contributed by atoms with Crippen LogP contribution in [0.5, 0.6) is 6.01 Å². The van der Waals surface area contributed by atoms with Gasteiger partial charge in [0.1, 0.15) is 0 Å². The van der Waals surface area contributed by atoms with E-state index in [1.54, 1.807) is 0 Å². The Morgan fingerprint density at radius 3 is 2.47 bits per heavy atom. The van der Waals surface area contributed by atoms with E-state index in [-0.39, 0.29) is 29.4 Å². The number of rotatable bonds is 7. The first-order valence-corrected chi connectivity index (χ1v) is 13.1. The molecule has 0 saturated carbocycles. The Bertz CT molecular complexity index is 980. The van der Waals surface area contributed by atoms with Gasteiger partial charge >= 0.3 is 6.01 Å². The highest BCUT2D eigenvalue weighted by Crippen LogP contribution is 2.37. The molecule has 1 aromatic heterocycles. The minimum atomic E-state index is -3.02. The number of sulfone groups is 1. The molecule has 32 heavy (non-hydrogen) atoms. The average Bonchev–Trinajstić information content (AvgIpc) is 3.27. The molecule has 3 heterocycles. The highest BCUT2D eigenvalue weighted by atomic mass is 32.2. The first-order chi connectivity index (χ1) is 15.4. The van der Waals surface area contributed by atoms with Crippen molar-refractivity contribution < 1.29 is 22.8 Å². The maximum Gasteiger partial charge on any atom is 0.354 e. The summed E-state index contributed by atoms with van der Waals surface area (Å²) >= 11 is 0. The van der Waals surface area contributed by atoms with Gasteiger partial charge in [-0.2, -0.15) is 4.98 Å². The fourth-order valence-electron chi connectivity index (χ4n) is 4.53. The van der Waals surface area contributed by atoms with Crippen molar-refractivity contribution in [1.82, 2.24) is 19.9 Å². The maximum atomic E-state index is 11.8. The van der Waals surface area contributed by atoms with E-state index in [1.807, 2.05) is 16.7 Å². The summed E-state index contributed by atoms with van der Waals surface area (Å²) in [5, 5.41) is 15.0. The Labute approximate surface area is 189 Å². The second kappa shape index (κ2) is 9.86. The van der Waals surface area contributed by atoms with Gasteiger partial charge in [0, 0.05) is 26.2 Å². The lowest BCUT2D eigenvalue weighted by Crippen LogP contribution is -2.56. The molecule has 3 unspecified atom stereocenters. The quantitative estimate of drug-likeness (QED) is 0.653. The van der Waals surface area contributed by atoms with E-state index in [0.717, 1.165) is 12.8 Å². The summed E-state index contributed by atoms with van der Waals surface area (Å²) in [5.74, 6) is 0.756. The number of aryl methyl sites for hydroxylation is 1. The van der Waals surface area contributed by atoms with Gasteiger partial charge in [0.25, 0.3) is 0 Å². The third kappa shape index (κ3) is 5.31. The molecule has 2 saturated heterocycles. The molecule has 2 fully saturated rings. The molecule has 0 amide bonds. The predicted molar refractivity (Wildman–Crippen MR) is 119 cm³/mol. The lowest BCUT2D eigenvalue weighted by atomic mass is 9.84. The number of aromatic nitrogens is 2. The number of ether oxygens (including phenoxy) is 1. The zero-order valence-corrected chi connectivity index (χ0v) is 19.5. The predicted octanol–water partition coefficient (Wildman–Crippen LogP) is 1.61. The minimum absolute atomic E-state index is 0.0653. The Kier molecular flexibility index (Phi) is 7.14. The Hall–Kier alpha value is -2.01. The molecular weight excluding hydrogens is 432 g/mol. The maximum absolute atomic E-state index is 11.8. The summed E-state index contributed by atoms with van der Waals surface area (Å²) in [7, 11) is -3.02. The summed E-state index contributed by atoms with van der Waals surface area (Å²) < 4.78 is 34.5. The van der Waals surface area contributed by atoms with Crippen molar-refractivity contribution in [2.45, 2.75) is 44.9 Å². The number of aliphatic hydroxyl groups is 1. The SMILES string of the molecule is CCOc1noc(C2CC(c3ccc(CC)cc3)CN(C(O)N3CCS(=O)(=O)CC3)C2)n1. The lowest BCUT2D eigenvalue weighted by molar-refractivity contribution is -0.121. The average molecular weight is 465 g/mol. The van der Waals surface area contributed by atoms with Crippen LogP contribution < -0.4 is 4.74 Å². The van der Waals surface area contributed by atoms with E-state index in [0.29, 0.717) is 38.7 Å². The molecule has 2 aliphatic rings. The number of piperidine rings is 1. The van der Waals surface area contributed by atoms with Gasteiger partial charge in [-0.1, -0.05) is 31.2 Å². The van der Waals surface area contributed by atoms with Gasteiger partial charge in [0.2, 0.25) is 5.89 Å². The number of benzene rings is 1. The zero-order valence-electron chi connectivity index (χ0n) is 18.7. The molecule has 2 aliphatic heterocycles. The number of likely N-dealkylation sites (tertiary alicyclic amines) is 1. The number of hydrogen-bond donors (Lipinski definition) is 1.